The van der Waals surface area contributed by atoms with Crippen LogP contribution in [0.15, 0.2) is 5.11 Å². The standard InChI is InChI=1S/C9H19N3O5SSi/c1-4-15-19(16-5-2,17-6-3)8-7-9(11-12-10)18(13)14/h4-8H2,1-3H3. The summed E-state index contributed by atoms with van der Waals surface area (Å²) in [5.74, 6) is 0. The molecule has 0 heterocycles. The highest BCUT2D eigenvalue weighted by atomic mass is 32.2. The summed E-state index contributed by atoms with van der Waals surface area (Å²) < 4.78 is 38.4. The van der Waals surface area contributed by atoms with Crippen LogP contribution in [-0.2, 0) is 23.6 Å². The molecule has 0 fully saturated rings. The fourth-order valence-electron chi connectivity index (χ4n) is 1.48. The van der Waals surface area contributed by atoms with Gasteiger partial charge < -0.3 is 13.3 Å². The fourth-order valence-corrected chi connectivity index (χ4v) is 4.58. The predicted molar refractivity (Wildman–Crippen MR) is 73.1 cm³/mol. The number of rotatable bonds is 9. The number of hydrogen-bond acceptors (Lipinski definition) is 5. The normalized spacial score (nSPS) is 10.9. The van der Waals surface area contributed by atoms with Crippen LogP contribution in [-0.4, -0.2) is 42.0 Å². The molecule has 0 atom stereocenters. The highest BCUT2D eigenvalue weighted by molar-refractivity contribution is 7.72. The summed E-state index contributed by atoms with van der Waals surface area (Å²) in [4.78, 5) is 2.22. The molecule has 0 aromatic carbocycles. The Hall–Kier alpha value is -0.903. The van der Waals surface area contributed by atoms with E-state index in [2.05, 4.69) is 10.0 Å². The van der Waals surface area contributed by atoms with Crippen LogP contribution in [0.1, 0.15) is 27.2 Å². The van der Waals surface area contributed by atoms with E-state index in [0.717, 1.165) is 0 Å². The van der Waals surface area contributed by atoms with E-state index in [1.54, 1.807) is 0 Å². The largest absolute Gasteiger partial charge is 0.501 e. The van der Waals surface area contributed by atoms with Crippen LogP contribution in [0, 0.1) is 0 Å². The van der Waals surface area contributed by atoms with Crippen LogP contribution in [0.2, 0.25) is 6.04 Å². The van der Waals surface area contributed by atoms with Crippen LogP contribution in [0.4, 0.5) is 0 Å². The summed E-state index contributed by atoms with van der Waals surface area (Å²) >= 11 is 0. The lowest BCUT2D eigenvalue weighted by Gasteiger charge is -2.28. The summed E-state index contributed by atoms with van der Waals surface area (Å²) in [5, 5.41) is 3.15. The van der Waals surface area contributed by atoms with Crippen molar-refractivity contribution in [1.29, 1.82) is 0 Å². The van der Waals surface area contributed by atoms with Gasteiger partial charge in [-0.05, 0) is 37.8 Å². The number of hydrogen-bond donors (Lipinski definition) is 0. The molecule has 0 aromatic rings. The zero-order valence-corrected chi connectivity index (χ0v) is 13.1. The molecule has 0 unspecified atom stereocenters. The van der Waals surface area contributed by atoms with Gasteiger partial charge in [-0.3, -0.25) is 0 Å². The molecule has 0 aromatic heterocycles. The molecule has 110 valence electrons. The Morgan fingerprint density at radius 2 is 1.63 bits per heavy atom. The Balaban J connectivity index is 4.99. The zero-order valence-electron chi connectivity index (χ0n) is 11.3. The first kappa shape index (κ1) is 18.1. The van der Waals surface area contributed by atoms with Crippen LogP contribution < -0.4 is 0 Å². The van der Waals surface area contributed by atoms with Gasteiger partial charge in [0.05, 0.1) is 0 Å². The van der Waals surface area contributed by atoms with Crippen molar-refractivity contribution in [2.45, 2.75) is 33.2 Å². The third kappa shape index (κ3) is 6.71. The van der Waals surface area contributed by atoms with Crippen LogP contribution in [0.3, 0.4) is 0 Å². The summed E-state index contributed by atoms with van der Waals surface area (Å²) in [6.45, 7) is 6.65. The minimum atomic E-state index is -2.91. The fraction of sp³-hybridized carbons (Fsp3) is 0.889. The SMILES string of the molecule is CCO[Si](CCC(N=[N+]=[N-])=S(=O)=O)(OCC)OCC. The van der Waals surface area contributed by atoms with Gasteiger partial charge in [0.1, 0.15) is 4.99 Å². The van der Waals surface area contributed by atoms with E-state index in [1.165, 1.54) is 0 Å². The molecule has 0 aliphatic heterocycles. The van der Waals surface area contributed by atoms with E-state index >= 15 is 0 Å². The summed E-state index contributed by atoms with van der Waals surface area (Å²) in [5.41, 5.74) is 8.31. The van der Waals surface area contributed by atoms with Gasteiger partial charge in [-0.15, -0.1) is 0 Å². The summed E-state index contributed by atoms with van der Waals surface area (Å²) in [6, 6.07) is 0.255. The lowest BCUT2D eigenvalue weighted by Crippen LogP contribution is -2.46. The van der Waals surface area contributed by atoms with Crippen LogP contribution in [0.25, 0.3) is 10.4 Å². The van der Waals surface area contributed by atoms with Gasteiger partial charge in [-0.2, -0.15) is 8.42 Å². The second-order valence-electron chi connectivity index (χ2n) is 3.30. The molecular weight excluding hydrogens is 290 g/mol. The summed E-state index contributed by atoms with van der Waals surface area (Å²) in [7, 11) is -5.46. The van der Waals surface area contributed by atoms with Crippen molar-refractivity contribution in [1.82, 2.24) is 0 Å². The maximum absolute atomic E-state index is 10.9. The van der Waals surface area contributed by atoms with Crippen molar-refractivity contribution >= 4 is 24.1 Å². The molecule has 0 bridgehead atoms. The van der Waals surface area contributed by atoms with E-state index in [0.29, 0.717) is 19.8 Å². The van der Waals surface area contributed by atoms with E-state index in [-0.39, 0.29) is 17.5 Å². The lowest BCUT2D eigenvalue weighted by molar-refractivity contribution is 0.0718. The van der Waals surface area contributed by atoms with E-state index < -0.39 is 19.1 Å². The quantitative estimate of drug-likeness (QED) is 0.212. The second kappa shape index (κ2) is 9.95. The molecule has 10 heteroatoms. The Bertz CT molecular complexity index is 422. The molecule has 19 heavy (non-hydrogen) atoms. The Morgan fingerprint density at radius 3 is 1.95 bits per heavy atom. The van der Waals surface area contributed by atoms with E-state index in [1.807, 2.05) is 20.8 Å². The average molecular weight is 309 g/mol. The van der Waals surface area contributed by atoms with Gasteiger partial charge in [0.15, 0.2) is 0 Å². The highest BCUT2D eigenvalue weighted by Gasteiger charge is 2.40. The molecule has 0 saturated heterocycles. The van der Waals surface area contributed by atoms with E-state index in [9.17, 15) is 8.42 Å². The smallest absolute Gasteiger partial charge is 0.374 e. The first-order valence-electron chi connectivity index (χ1n) is 5.97. The van der Waals surface area contributed by atoms with Gasteiger partial charge in [0, 0.05) is 30.8 Å². The predicted octanol–water partition coefficient (Wildman–Crippen LogP) is 1.74. The molecule has 0 aliphatic carbocycles. The third-order valence-electron chi connectivity index (χ3n) is 2.09. The molecule has 0 N–H and O–H groups in total. The van der Waals surface area contributed by atoms with Crippen molar-refractivity contribution in [3.8, 4) is 0 Å². The van der Waals surface area contributed by atoms with Gasteiger partial charge in [-0.25, -0.2) is 0 Å². The first-order valence-corrected chi connectivity index (χ1v) is 8.97. The minimum Gasteiger partial charge on any atom is -0.374 e. The summed E-state index contributed by atoms with van der Waals surface area (Å²) in [6.07, 6.45) is 0.0341. The molecule has 8 nitrogen and oxygen atoms in total. The van der Waals surface area contributed by atoms with Gasteiger partial charge in [-0.1, -0.05) is 0 Å². The van der Waals surface area contributed by atoms with Crippen molar-refractivity contribution in [2.24, 2.45) is 5.11 Å². The highest BCUT2D eigenvalue weighted by Crippen LogP contribution is 2.18. The van der Waals surface area contributed by atoms with Crippen molar-refractivity contribution < 1.29 is 21.7 Å². The molecule has 0 saturated carbocycles. The van der Waals surface area contributed by atoms with E-state index in [4.69, 9.17) is 18.8 Å². The third-order valence-corrected chi connectivity index (χ3v) is 5.80. The van der Waals surface area contributed by atoms with Crippen molar-refractivity contribution in [3.05, 3.63) is 10.4 Å². The van der Waals surface area contributed by atoms with Gasteiger partial charge in [0.25, 0.3) is 0 Å². The minimum absolute atomic E-state index is 0.0341. The van der Waals surface area contributed by atoms with Crippen LogP contribution >= 0.6 is 0 Å². The van der Waals surface area contributed by atoms with Gasteiger partial charge >= 0.3 is 8.80 Å². The first-order chi connectivity index (χ1) is 9.05. The monoisotopic (exact) mass is 309 g/mol. The van der Waals surface area contributed by atoms with Crippen molar-refractivity contribution in [2.75, 3.05) is 19.8 Å². The number of nitrogens with zero attached hydrogens (tertiary/aromatic N) is 3. The molecule has 0 amide bonds. The average Bonchev–Trinajstić information content (AvgIpc) is 2.35. The van der Waals surface area contributed by atoms with Crippen molar-refractivity contribution in [3.63, 3.8) is 0 Å². The zero-order chi connectivity index (χ0) is 14.7. The second-order valence-corrected chi connectivity index (χ2v) is 6.97. The molecule has 0 rings (SSSR count). The maximum Gasteiger partial charge on any atom is 0.501 e. The van der Waals surface area contributed by atoms with Crippen LogP contribution in [0.5, 0.6) is 0 Å². The number of azide groups is 1. The maximum atomic E-state index is 10.9. The Labute approximate surface area is 115 Å². The molecule has 0 radical (unpaired) electrons. The lowest BCUT2D eigenvalue weighted by atomic mass is 10.5. The van der Waals surface area contributed by atoms with Gasteiger partial charge in [0.2, 0.25) is 10.3 Å². The molecule has 0 aliphatic rings. The molecular formula is C9H19N3O5SSi. The topological polar surface area (TPSA) is 111 Å². The molecule has 0 spiro atoms. The Kier molecular flexibility index (Phi) is 9.48. The Morgan fingerprint density at radius 1 is 1.16 bits per heavy atom.